The van der Waals surface area contributed by atoms with Gasteiger partial charge in [-0.1, -0.05) is 12.1 Å². The van der Waals surface area contributed by atoms with Crippen LogP contribution in [0.25, 0.3) is 11.5 Å². The second-order valence-electron chi connectivity index (χ2n) is 5.55. The van der Waals surface area contributed by atoms with Crippen molar-refractivity contribution in [2.75, 3.05) is 31.6 Å². The van der Waals surface area contributed by atoms with Crippen molar-refractivity contribution in [1.29, 1.82) is 0 Å². The largest absolute Gasteiger partial charge is 0.389 e. The summed E-state index contributed by atoms with van der Waals surface area (Å²) in [6.07, 6.45) is 0.0502. The highest BCUT2D eigenvalue weighted by Gasteiger charge is 2.21. The van der Waals surface area contributed by atoms with Gasteiger partial charge in [0.25, 0.3) is 5.89 Å². The van der Waals surface area contributed by atoms with Gasteiger partial charge in [-0.05, 0) is 24.3 Å². The molecule has 0 saturated carbocycles. The third kappa shape index (κ3) is 3.90. The summed E-state index contributed by atoms with van der Waals surface area (Å²) in [7, 11) is 0. The first kappa shape index (κ1) is 16.4. The first-order valence-corrected chi connectivity index (χ1v) is 7.90. The van der Waals surface area contributed by atoms with E-state index in [4.69, 9.17) is 9.26 Å². The van der Waals surface area contributed by atoms with Crippen molar-refractivity contribution < 1.29 is 19.2 Å². The van der Waals surface area contributed by atoms with Gasteiger partial charge in [0.05, 0.1) is 25.9 Å². The van der Waals surface area contributed by atoms with Crippen molar-refractivity contribution in [2.45, 2.75) is 19.4 Å². The number of anilines is 1. The number of β-amino-alcohol motifs (C(OH)–C–C–N with tert-alkyl or cyclic N) is 1. The molecule has 1 saturated heterocycles. The van der Waals surface area contributed by atoms with Crippen LogP contribution in [0.3, 0.4) is 0 Å². The van der Waals surface area contributed by atoms with Crippen molar-refractivity contribution in [3.63, 3.8) is 0 Å². The fourth-order valence-electron chi connectivity index (χ4n) is 2.39. The van der Waals surface area contributed by atoms with E-state index in [1.807, 2.05) is 19.1 Å². The number of aryl methyl sites for hydroxylation is 1. The number of hydrogen-bond acceptors (Lipinski definition) is 6. The van der Waals surface area contributed by atoms with Gasteiger partial charge in [0.1, 0.15) is 0 Å². The van der Waals surface area contributed by atoms with Crippen LogP contribution in [0.5, 0.6) is 0 Å². The van der Waals surface area contributed by atoms with Gasteiger partial charge in [-0.2, -0.15) is 4.98 Å². The third-order valence-corrected chi connectivity index (χ3v) is 3.70. The highest BCUT2D eigenvalue weighted by Crippen LogP contribution is 2.20. The van der Waals surface area contributed by atoms with Crippen LogP contribution < -0.4 is 5.32 Å². The Labute approximate surface area is 139 Å². The van der Waals surface area contributed by atoms with Crippen LogP contribution in [0.1, 0.15) is 12.7 Å². The normalized spacial score (nSPS) is 18.2. The average Bonchev–Trinajstić information content (AvgIpc) is 2.97. The molecule has 0 spiro atoms. The van der Waals surface area contributed by atoms with E-state index in [2.05, 4.69) is 15.5 Å². The fraction of sp³-hybridized carbons (Fsp3) is 0.438. The molecule has 1 fully saturated rings. The maximum atomic E-state index is 12.3. The zero-order valence-corrected chi connectivity index (χ0v) is 13.4. The van der Waals surface area contributed by atoms with E-state index in [1.54, 1.807) is 12.1 Å². The van der Waals surface area contributed by atoms with E-state index in [1.165, 1.54) is 4.90 Å². The van der Waals surface area contributed by atoms with E-state index in [9.17, 15) is 9.90 Å². The number of rotatable bonds is 3. The number of ether oxygens (including phenoxy) is 1. The van der Waals surface area contributed by atoms with Crippen molar-refractivity contribution in [1.82, 2.24) is 15.0 Å². The second kappa shape index (κ2) is 7.41. The molecule has 2 amide bonds. The van der Waals surface area contributed by atoms with Gasteiger partial charge in [-0.25, -0.2) is 4.79 Å². The molecule has 24 heavy (non-hydrogen) atoms. The van der Waals surface area contributed by atoms with Crippen LogP contribution >= 0.6 is 0 Å². The van der Waals surface area contributed by atoms with E-state index in [-0.39, 0.29) is 19.2 Å². The molecule has 8 heteroatoms. The molecule has 128 valence electrons. The van der Waals surface area contributed by atoms with Crippen LogP contribution in [-0.2, 0) is 11.2 Å². The number of nitrogens with one attached hydrogen (secondary N) is 1. The minimum atomic E-state index is -0.661. The molecular weight excluding hydrogens is 312 g/mol. The topological polar surface area (TPSA) is 101 Å². The van der Waals surface area contributed by atoms with Crippen LogP contribution in [0.2, 0.25) is 0 Å². The Balaban J connectivity index is 1.64. The van der Waals surface area contributed by atoms with Crippen molar-refractivity contribution in [3.8, 4) is 11.5 Å². The molecule has 2 heterocycles. The summed E-state index contributed by atoms with van der Waals surface area (Å²) in [5.74, 6) is 1.11. The molecule has 1 aromatic heterocycles. The Morgan fingerprint density at radius 3 is 2.92 bits per heavy atom. The van der Waals surface area contributed by atoms with Gasteiger partial charge in [-0.3, -0.25) is 0 Å². The number of urea groups is 1. The van der Waals surface area contributed by atoms with Gasteiger partial charge in [-0.15, -0.1) is 0 Å². The zero-order chi connectivity index (χ0) is 16.9. The van der Waals surface area contributed by atoms with Gasteiger partial charge in [0.2, 0.25) is 0 Å². The molecule has 1 atom stereocenters. The lowest BCUT2D eigenvalue weighted by molar-refractivity contribution is 0.0575. The maximum absolute atomic E-state index is 12.3. The van der Waals surface area contributed by atoms with Crippen LogP contribution in [-0.4, -0.2) is 58.6 Å². The van der Waals surface area contributed by atoms with E-state index < -0.39 is 6.10 Å². The van der Waals surface area contributed by atoms with E-state index >= 15 is 0 Å². The molecule has 2 aromatic rings. The number of aliphatic hydroxyl groups is 1. The lowest BCUT2D eigenvalue weighted by Crippen LogP contribution is -2.40. The third-order valence-electron chi connectivity index (χ3n) is 3.70. The number of amides is 2. The number of hydrogen-bond donors (Lipinski definition) is 2. The Hall–Kier alpha value is -2.45. The molecule has 0 unspecified atom stereocenters. The Kier molecular flexibility index (Phi) is 5.07. The van der Waals surface area contributed by atoms with Crippen LogP contribution in [0, 0.1) is 0 Å². The molecule has 8 nitrogen and oxygen atoms in total. The predicted octanol–water partition coefficient (Wildman–Crippen LogP) is 1.52. The van der Waals surface area contributed by atoms with Gasteiger partial charge in [0, 0.05) is 24.2 Å². The Morgan fingerprint density at radius 2 is 2.21 bits per heavy atom. The summed E-state index contributed by atoms with van der Waals surface area (Å²) in [5, 5.41) is 16.4. The maximum Gasteiger partial charge on any atom is 0.322 e. The summed E-state index contributed by atoms with van der Waals surface area (Å²) in [6.45, 7) is 3.33. The molecule has 3 rings (SSSR count). The number of carbonyl (C=O) groups is 1. The molecule has 0 bridgehead atoms. The quantitative estimate of drug-likeness (QED) is 0.884. The molecule has 1 aromatic carbocycles. The van der Waals surface area contributed by atoms with Crippen LogP contribution in [0.15, 0.2) is 28.8 Å². The summed E-state index contributed by atoms with van der Waals surface area (Å²) in [5.41, 5.74) is 1.44. The van der Waals surface area contributed by atoms with Crippen molar-refractivity contribution in [3.05, 3.63) is 30.1 Å². The Morgan fingerprint density at radius 1 is 1.42 bits per heavy atom. The molecule has 1 aliphatic rings. The van der Waals surface area contributed by atoms with Gasteiger partial charge >= 0.3 is 6.03 Å². The van der Waals surface area contributed by atoms with Crippen LogP contribution in [0.4, 0.5) is 10.5 Å². The standard InChI is InChI=1S/C16H20N4O4/c1-2-14-18-15(24-19-14)11-3-5-12(6-4-11)17-16(22)20-7-8-23-10-13(21)9-20/h3-6,13,21H,2,7-10H2,1H3,(H,17,22)/t13-/m0/s1. The summed E-state index contributed by atoms with van der Waals surface area (Å²) in [6, 6.07) is 6.89. The van der Waals surface area contributed by atoms with Crippen molar-refractivity contribution in [2.24, 2.45) is 0 Å². The monoisotopic (exact) mass is 332 g/mol. The minimum absolute atomic E-state index is 0.252. The van der Waals surface area contributed by atoms with Gasteiger partial charge in [0.15, 0.2) is 5.82 Å². The summed E-state index contributed by atoms with van der Waals surface area (Å²) < 4.78 is 10.4. The smallest absolute Gasteiger partial charge is 0.322 e. The molecule has 0 aliphatic carbocycles. The summed E-state index contributed by atoms with van der Waals surface area (Å²) >= 11 is 0. The molecule has 1 aliphatic heterocycles. The lowest BCUT2D eigenvalue weighted by Gasteiger charge is -2.21. The number of aliphatic hydroxyl groups excluding tert-OH is 1. The molecular formula is C16H20N4O4. The predicted molar refractivity (Wildman–Crippen MR) is 86.5 cm³/mol. The summed E-state index contributed by atoms with van der Waals surface area (Å²) in [4.78, 5) is 18.1. The Bertz CT molecular complexity index is 686. The zero-order valence-electron chi connectivity index (χ0n) is 13.4. The molecule has 0 radical (unpaired) electrons. The lowest BCUT2D eigenvalue weighted by atomic mass is 10.2. The number of benzene rings is 1. The van der Waals surface area contributed by atoms with E-state index in [0.29, 0.717) is 37.0 Å². The molecule has 2 N–H and O–H groups in total. The first-order valence-electron chi connectivity index (χ1n) is 7.90. The number of aromatic nitrogens is 2. The minimum Gasteiger partial charge on any atom is -0.389 e. The van der Waals surface area contributed by atoms with Gasteiger partial charge < -0.3 is 24.6 Å². The fourth-order valence-corrected chi connectivity index (χ4v) is 2.39. The number of nitrogens with zero attached hydrogens (tertiary/aromatic N) is 3. The first-order chi connectivity index (χ1) is 11.7. The van der Waals surface area contributed by atoms with E-state index in [0.717, 1.165) is 5.56 Å². The number of carbonyl (C=O) groups excluding carboxylic acids is 1. The second-order valence-corrected chi connectivity index (χ2v) is 5.55. The highest BCUT2D eigenvalue weighted by atomic mass is 16.5. The van der Waals surface area contributed by atoms with Crippen molar-refractivity contribution >= 4 is 11.7 Å². The SMILES string of the molecule is CCc1noc(-c2ccc(NC(=O)N3CCOC[C@@H](O)C3)cc2)n1. The average molecular weight is 332 g/mol. The highest BCUT2D eigenvalue weighted by molar-refractivity contribution is 5.89.